The van der Waals surface area contributed by atoms with Crippen LogP contribution in [0.1, 0.15) is 56.8 Å². The highest BCUT2D eigenvalue weighted by molar-refractivity contribution is 5.95. The van der Waals surface area contributed by atoms with Crippen LogP contribution < -0.4 is 0 Å². The van der Waals surface area contributed by atoms with Gasteiger partial charge in [-0.05, 0) is 61.6 Å². The smallest absolute Gasteiger partial charge is 0.336 e. The van der Waals surface area contributed by atoms with Crippen LogP contribution in [0, 0.1) is 11.6 Å². The number of alkyl halides is 6. The molecule has 3 aliphatic heterocycles. The van der Waals surface area contributed by atoms with Gasteiger partial charge in [-0.3, -0.25) is 24.4 Å². The maximum atomic E-state index is 14.1. The van der Waals surface area contributed by atoms with Gasteiger partial charge in [-0.15, -0.1) is 0 Å². The van der Waals surface area contributed by atoms with Crippen LogP contribution in [0.3, 0.4) is 0 Å². The highest BCUT2D eigenvalue weighted by Crippen LogP contribution is 2.37. The summed E-state index contributed by atoms with van der Waals surface area (Å²) in [7, 11) is 0. The summed E-state index contributed by atoms with van der Waals surface area (Å²) in [6, 6.07) is 3.43. The molecule has 3 saturated heterocycles. The topological polar surface area (TPSA) is 72.9 Å². The molecular formula is C34H34F8N6O2. The number of hydrogen-bond donors (Lipinski definition) is 0. The molecule has 6 rings (SSSR count). The maximum absolute atomic E-state index is 14.1. The van der Waals surface area contributed by atoms with E-state index >= 15 is 0 Å². The second-order valence-electron chi connectivity index (χ2n) is 12.9. The lowest BCUT2D eigenvalue weighted by molar-refractivity contribution is -0.143. The first-order valence-corrected chi connectivity index (χ1v) is 16.2. The number of halogens is 8. The van der Waals surface area contributed by atoms with Crippen molar-refractivity contribution in [3.05, 3.63) is 94.6 Å². The number of benzene rings is 2. The second kappa shape index (κ2) is 14.2. The Morgan fingerprint density at radius 1 is 0.740 bits per heavy atom. The zero-order valence-corrected chi connectivity index (χ0v) is 26.7. The van der Waals surface area contributed by atoms with Gasteiger partial charge < -0.3 is 9.80 Å². The fourth-order valence-corrected chi connectivity index (χ4v) is 7.27. The third kappa shape index (κ3) is 7.90. The molecule has 0 N–H and O–H groups in total. The monoisotopic (exact) mass is 710 g/mol. The zero-order valence-electron chi connectivity index (χ0n) is 26.7. The number of carbonyl (C=O) groups excluding carboxylic acids is 2. The molecule has 3 aromatic rings. The first-order valence-electron chi connectivity index (χ1n) is 16.2. The first kappa shape index (κ1) is 35.6. The number of piperazine rings is 1. The Bertz CT molecular complexity index is 1660. The summed E-state index contributed by atoms with van der Waals surface area (Å²) in [4.78, 5) is 42.2. The van der Waals surface area contributed by atoms with Gasteiger partial charge in [0.05, 0.1) is 17.3 Å². The molecule has 3 aliphatic rings. The molecule has 0 saturated carbocycles. The molecule has 16 heteroatoms. The Labute approximate surface area is 282 Å². The average Bonchev–Trinajstić information content (AvgIpc) is 3.59. The summed E-state index contributed by atoms with van der Waals surface area (Å²) in [6.07, 6.45) is -4.30. The Morgan fingerprint density at radius 3 is 1.98 bits per heavy atom. The van der Waals surface area contributed by atoms with E-state index in [2.05, 4.69) is 19.8 Å². The summed E-state index contributed by atoms with van der Waals surface area (Å²) in [5.74, 6) is -3.36. The van der Waals surface area contributed by atoms with Crippen LogP contribution in [0.15, 0.2) is 55.0 Å². The fraction of sp³-hybridized carbons (Fsp3) is 0.471. The van der Waals surface area contributed by atoms with Crippen molar-refractivity contribution in [1.82, 2.24) is 29.6 Å². The minimum Gasteiger partial charge on any atom is -0.336 e. The molecule has 0 aliphatic carbocycles. The number of nitrogens with zero attached hydrogens (tertiary/aromatic N) is 6. The van der Waals surface area contributed by atoms with Gasteiger partial charge in [0.2, 0.25) is 0 Å². The zero-order chi connectivity index (χ0) is 35.8. The molecule has 50 heavy (non-hydrogen) atoms. The minimum absolute atomic E-state index is 0.0161. The van der Waals surface area contributed by atoms with Crippen LogP contribution in [0.2, 0.25) is 0 Å². The Hall–Kier alpha value is -4.18. The first-order chi connectivity index (χ1) is 23.7. The lowest BCUT2D eigenvalue weighted by Crippen LogP contribution is -2.58. The van der Waals surface area contributed by atoms with Gasteiger partial charge in [0.1, 0.15) is 5.69 Å². The molecule has 268 valence electrons. The number of carbonyl (C=O) groups is 2. The van der Waals surface area contributed by atoms with Gasteiger partial charge in [-0.2, -0.15) is 26.3 Å². The normalized spacial score (nSPS) is 22.6. The van der Waals surface area contributed by atoms with E-state index in [9.17, 15) is 44.7 Å². The Balaban J connectivity index is 1.16. The van der Waals surface area contributed by atoms with E-state index in [4.69, 9.17) is 0 Å². The molecule has 3 atom stereocenters. The maximum Gasteiger partial charge on any atom is 0.416 e. The number of hydrogen-bond acceptors (Lipinski definition) is 6. The molecule has 0 spiro atoms. The molecule has 1 aromatic heterocycles. The van der Waals surface area contributed by atoms with Crippen LogP contribution in [-0.4, -0.2) is 105 Å². The van der Waals surface area contributed by atoms with Crippen molar-refractivity contribution >= 4 is 11.8 Å². The molecule has 2 amide bonds. The third-order valence-corrected chi connectivity index (χ3v) is 9.85. The van der Waals surface area contributed by atoms with E-state index in [-0.39, 0.29) is 42.7 Å². The van der Waals surface area contributed by atoms with Crippen LogP contribution in [0.5, 0.6) is 0 Å². The van der Waals surface area contributed by atoms with E-state index in [1.54, 1.807) is 4.90 Å². The molecule has 0 radical (unpaired) electrons. The second-order valence-corrected chi connectivity index (χ2v) is 12.9. The van der Waals surface area contributed by atoms with Crippen molar-refractivity contribution in [2.24, 2.45) is 0 Å². The summed E-state index contributed by atoms with van der Waals surface area (Å²) in [5, 5.41) is 0. The van der Waals surface area contributed by atoms with Gasteiger partial charge in [-0.25, -0.2) is 13.8 Å². The summed E-state index contributed by atoms with van der Waals surface area (Å²) < 4.78 is 109. The quantitative estimate of drug-likeness (QED) is 0.313. The van der Waals surface area contributed by atoms with E-state index < -0.39 is 52.6 Å². The van der Waals surface area contributed by atoms with Gasteiger partial charge in [-0.1, -0.05) is 6.07 Å². The largest absolute Gasteiger partial charge is 0.416 e. The van der Waals surface area contributed by atoms with Crippen molar-refractivity contribution in [3.8, 4) is 0 Å². The number of likely N-dealkylation sites (tertiary alicyclic amines) is 2. The number of amides is 2. The van der Waals surface area contributed by atoms with Crippen molar-refractivity contribution < 1.29 is 44.7 Å². The molecule has 3 fully saturated rings. The van der Waals surface area contributed by atoms with Crippen LogP contribution in [0.25, 0.3) is 0 Å². The lowest BCUT2D eigenvalue weighted by atomic mass is 9.90. The van der Waals surface area contributed by atoms with Gasteiger partial charge in [0.25, 0.3) is 11.8 Å². The SMILES string of the molecule is O=C(c1cnccn1)N1CCC(N2CCN(C3CCN(C(=O)c4cc(C(F)(F)F)cc(C(F)(F)F)c4)C(Cc4ccc(F)c(F)c4)C3)CC2)C1. The van der Waals surface area contributed by atoms with E-state index in [1.165, 1.54) is 29.6 Å². The van der Waals surface area contributed by atoms with Crippen molar-refractivity contribution in [3.63, 3.8) is 0 Å². The van der Waals surface area contributed by atoms with E-state index in [0.29, 0.717) is 69.8 Å². The van der Waals surface area contributed by atoms with Crippen molar-refractivity contribution in [1.29, 1.82) is 0 Å². The fourth-order valence-electron chi connectivity index (χ4n) is 7.27. The van der Waals surface area contributed by atoms with Crippen LogP contribution in [0.4, 0.5) is 35.1 Å². The predicted octanol–water partition coefficient (Wildman–Crippen LogP) is 5.54. The molecule has 3 unspecified atom stereocenters. The highest BCUT2D eigenvalue weighted by atomic mass is 19.4. The number of piperidine rings is 1. The lowest BCUT2D eigenvalue weighted by Gasteiger charge is -2.47. The average molecular weight is 711 g/mol. The van der Waals surface area contributed by atoms with Gasteiger partial charge in [0.15, 0.2) is 11.6 Å². The molecular weight excluding hydrogens is 676 g/mol. The number of rotatable bonds is 6. The summed E-state index contributed by atoms with van der Waals surface area (Å²) in [6.45, 7) is 3.91. The van der Waals surface area contributed by atoms with Crippen molar-refractivity contribution in [2.75, 3.05) is 45.8 Å². The highest BCUT2D eigenvalue weighted by Gasteiger charge is 2.41. The molecule has 8 nitrogen and oxygen atoms in total. The third-order valence-electron chi connectivity index (χ3n) is 9.85. The summed E-state index contributed by atoms with van der Waals surface area (Å²) in [5.41, 5.74) is -3.32. The molecule has 4 heterocycles. The van der Waals surface area contributed by atoms with Crippen LogP contribution in [-0.2, 0) is 18.8 Å². The van der Waals surface area contributed by atoms with Gasteiger partial charge in [0, 0.05) is 81.9 Å². The molecule has 2 aromatic carbocycles. The minimum atomic E-state index is -5.13. The Morgan fingerprint density at radius 2 is 1.38 bits per heavy atom. The Kier molecular flexibility index (Phi) is 10.1. The predicted molar refractivity (Wildman–Crippen MR) is 164 cm³/mol. The standard InChI is InChI=1S/C34H34F8N6O2/c35-28-2-1-21(14-29(28)36)13-27-18-25(4-8-48(27)31(49)22-15-23(33(37,38)39)17-24(16-22)34(40,41)42)45-9-11-46(12-10-45)26-3-7-47(20-26)32(50)30-19-43-5-6-44-30/h1-2,5-6,14-17,19,25-27H,3-4,7-13,18,20H2. The van der Waals surface area contributed by atoms with Gasteiger partial charge >= 0.3 is 12.4 Å². The molecule has 0 bridgehead atoms. The van der Waals surface area contributed by atoms with E-state index in [0.717, 1.165) is 18.6 Å². The summed E-state index contributed by atoms with van der Waals surface area (Å²) >= 11 is 0. The van der Waals surface area contributed by atoms with E-state index in [1.807, 2.05) is 0 Å². The van der Waals surface area contributed by atoms with Crippen molar-refractivity contribution in [2.45, 2.75) is 56.2 Å². The van der Waals surface area contributed by atoms with Crippen LogP contribution >= 0.6 is 0 Å². The number of aromatic nitrogens is 2.